The van der Waals surface area contributed by atoms with Gasteiger partial charge in [0.25, 0.3) is 11.6 Å². The first-order valence-electron chi connectivity index (χ1n) is 9.54. The van der Waals surface area contributed by atoms with Crippen LogP contribution in [0, 0.1) is 10.1 Å². The van der Waals surface area contributed by atoms with Crippen molar-refractivity contribution in [2.24, 2.45) is 0 Å². The molecule has 0 unspecified atom stereocenters. The number of fused-ring (bicyclic) bond motifs is 1. The smallest absolute Gasteiger partial charge is 0.277 e. The van der Waals surface area contributed by atoms with E-state index in [0.29, 0.717) is 41.2 Å². The van der Waals surface area contributed by atoms with Crippen LogP contribution in [-0.2, 0) is 0 Å². The van der Waals surface area contributed by atoms with Crippen molar-refractivity contribution in [3.63, 3.8) is 0 Å². The van der Waals surface area contributed by atoms with Crippen molar-refractivity contribution < 1.29 is 19.2 Å². The zero-order valence-electron chi connectivity index (χ0n) is 16.4. The molecule has 11 heteroatoms. The summed E-state index contributed by atoms with van der Waals surface area (Å²) in [5, 5.41) is 20.1. The van der Waals surface area contributed by atoms with Crippen LogP contribution in [0.3, 0.4) is 0 Å². The normalized spacial score (nSPS) is 12.4. The molecular weight excluding hydrogens is 434 g/mol. The van der Waals surface area contributed by atoms with Gasteiger partial charge < -0.3 is 9.47 Å². The summed E-state index contributed by atoms with van der Waals surface area (Å²) in [6, 6.07) is 13.0. The molecule has 2 aromatic heterocycles. The average molecular weight is 449 g/mol. The van der Waals surface area contributed by atoms with Gasteiger partial charge in [-0.15, -0.1) is 11.3 Å². The van der Waals surface area contributed by atoms with Gasteiger partial charge in [-0.25, -0.2) is 9.67 Å². The number of ether oxygens (including phenoxy) is 2. The second-order valence-corrected chi connectivity index (χ2v) is 7.63. The molecule has 3 heterocycles. The van der Waals surface area contributed by atoms with Crippen LogP contribution in [0.1, 0.15) is 10.5 Å². The first-order valence-corrected chi connectivity index (χ1v) is 10.4. The summed E-state index contributed by atoms with van der Waals surface area (Å²) in [5.41, 5.74) is 2.34. The minimum Gasteiger partial charge on any atom is -0.486 e. The number of nitrogens with one attached hydrogen (secondary N) is 1. The predicted molar refractivity (Wildman–Crippen MR) is 117 cm³/mol. The quantitative estimate of drug-likeness (QED) is 0.362. The third-order valence-electron chi connectivity index (χ3n) is 4.71. The summed E-state index contributed by atoms with van der Waals surface area (Å²) in [7, 11) is 0. The Balaban J connectivity index is 1.29. The average Bonchev–Trinajstić information content (AvgIpc) is 3.49. The topological polar surface area (TPSA) is 121 Å². The lowest BCUT2D eigenvalue weighted by atomic mass is 10.1. The molecule has 1 aliphatic heterocycles. The van der Waals surface area contributed by atoms with Gasteiger partial charge >= 0.3 is 0 Å². The van der Waals surface area contributed by atoms with Crippen molar-refractivity contribution in [1.82, 2.24) is 14.8 Å². The lowest BCUT2D eigenvalue weighted by molar-refractivity contribution is -0.384. The number of hydrogen-bond donors (Lipinski definition) is 1. The van der Waals surface area contributed by atoms with Crippen LogP contribution in [0.15, 0.2) is 60.1 Å². The van der Waals surface area contributed by atoms with E-state index in [0.717, 1.165) is 5.56 Å². The minimum atomic E-state index is -0.473. The van der Waals surface area contributed by atoms with Crippen molar-refractivity contribution in [2.75, 3.05) is 18.5 Å². The van der Waals surface area contributed by atoms with Gasteiger partial charge in [-0.1, -0.05) is 0 Å². The van der Waals surface area contributed by atoms with Gasteiger partial charge in [0.2, 0.25) is 0 Å². The van der Waals surface area contributed by atoms with Gasteiger partial charge in [-0.3, -0.25) is 20.2 Å². The van der Waals surface area contributed by atoms with Crippen molar-refractivity contribution in [2.45, 2.75) is 0 Å². The number of carbonyl (C=O) groups is 1. The third kappa shape index (κ3) is 3.88. The summed E-state index contributed by atoms with van der Waals surface area (Å²) in [6.45, 7) is 1.03. The number of nitro benzene ring substituents is 1. The van der Waals surface area contributed by atoms with E-state index >= 15 is 0 Å². The maximum atomic E-state index is 12.6. The van der Waals surface area contributed by atoms with Gasteiger partial charge in [0, 0.05) is 29.3 Å². The Labute approximate surface area is 185 Å². The van der Waals surface area contributed by atoms with Gasteiger partial charge in [0.15, 0.2) is 22.3 Å². The fourth-order valence-corrected chi connectivity index (χ4v) is 3.86. The fourth-order valence-electron chi connectivity index (χ4n) is 3.14. The number of amides is 1. The lowest BCUT2D eigenvalue weighted by Crippen LogP contribution is -2.15. The summed E-state index contributed by atoms with van der Waals surface area (Å²) >= 11 is 1.30. The molecule has 0 spiro atoms. The Hall–Kier alpha value is -4.25. The predicted octanol–water partition coefficient (Wildman–Crippen LogP) is 3.93. The lowest BCUT2D eigenvalue weighted by Gasteiger charge is -2.18. The number of nitrogens with zero attached hydrogens (tertiary/aromatic N) is 4. The van der Waals surface area contributed by atoms with E-state index in [4.69, 9.17) is 9.47 Å². The molecule has 0 saturated heterocycles. The first-order chi connectivity index (χ1) is 15.6. The number of thiazole rings is 1. The highest BCUT2D eigenvalue weighted by Gasteiger charge is 2.16. The molecule has 2 aromatic carbocycles. The maximum absolute atomic E-state index is 12.6. The number of nitro groups is 1. The molecule has 4 aromatic rings. The molecule has 1 amide bonds. The van der Waals surface area contributed by atoms with Gasteiger partial charge in [-0.05, 0) is 36.4 Å². The molecule has 0 radical (unpaired) electrons. The molecule has 0 bridgehead atoms. The largest absolute Gasteiger partial charge is 0.486 e. The van der Waals surface area contributed by atoms with Crippen molar-refractivity contribution in [3.8, 4) is 28.4 Å². The van der Waals surface area contributed by atoms with Crippen LogP contribution in [0.5, 0.6) is 11.5 Å². The van der Waals surface area contributed by atoms with Crippen LogP contribution in [0.4, 0.5) is 10.8 Å². The van der Waals surface area contributed by atoms with E-state index in [1.807, 2.05) is 23.6 Å². The highest BCUT2D eigenvalue weighted by molar-refractivity contribution is 7.14. The number of carbonyl (C=O) groups excluding carboxylic acids is 1. The second-order valence-electron chi connectivity index (χ2n) is 6.77. The Morgan fingerprint density at radius 1 is 1.09 bits per heavy atom. The molecule has 10 nitrogen and oxygen atoms in total. The van der Waals surface area contributed by atoms with E-state index in [1.54, 1.807) is 24.4 Å². The van der Waals surface area contributed by atoms with Crippen LogP contribution < -0.4 is 14.8 Å². The van der Waals surface area contributed by atoms with Gasteiger partial charge in [0.1, 0.15) is 13.2 Å². The fraction of sp³-hybridized carbons (Fsp3) is 0.0952. The zero-order valence-corrected chi connectivity index (χ0v) is 17.2. The minimum absolute atomic E-state index is 0.0172. The highest BCUT2D eigenvalue weighted by atomic mass is 32.1. The maximum Gasteiger partial charge on any atom is 0.277 e. The summed E-state index contributed by atoms with van der Waals surface area (Å²) in [4.78, 5) is 27.4. The Morgan fingerprint density at radius 2 is 1.88 bits per heavy atom. The van der Waals surface area contributed by atoms with Crippen molar-refractivity contribution >= 4 is 28.1 Å². The van der Waals surface area contributed by atoms with E-state index < -0.39 is 10.8 Å². The van der Waals surface area contributed by atoms with E-state index in [-0.39, 0.29) is 11.4 Å². The summed E-state index contributed by atoms with van der Waals surface area (Å²) in [5.74, 6) is 0.963. The number of hydrogen-bond acceptors (Lipinski definition) is 8. The number of aromatic nitrogens is 3. The Kier molecular flexibility index (Phi) is 5.00. The number of non-ortho nitro benzene ring substituents is 1. The van der Waals surface area contributed by atoms with E-state index in [9.17, 15) is 14.9 Å². The van der Waals surface area contributed by atoms with Gasteiger partial charge in [0.05, 0.1) is 16.3 Å². The monoisotopic (exact) mass is 449 g/mol. The van der Waals surface area contributed by atoms with E-state index in [2.05, 4.69) is 15.4 Å². The molecule has 32 heavy (non-hydrogen) atoms. The summed E-state index contributed by atoms with van der Waals surface area (Å²) < 4.78 is 12.6. The van der Waals surface area contributed by atoms with Crippen molar-refractivity contribution in [3.05, 3.63) is 75.9 Å². The highest BCUT2D eigenvalue weighted by Crippen LogP contribution is 2.35. The van der Waals surface area contributed by atoms with E-state index in [1.165, 1.54) is 28.2 Å². The number of anilines is 1. The third-order valence-corrected chi connectivity index (χ3v) is 5.47. The number of benzene rings is 2. The molecule has 1 aliphatic rings. The molecule has 160 valence electrons. The molecule has 0 atom stereocenters. The Bertz CT molecular complexity index is 1310. The molecular formula is C21H15N5O5S. The van der Waals surface area contributed by atoms with Crippen LogP contribution >= 0.6 is 11.3 Å². The molecule has 0 fully saturated rings. The molecule has 1 N–H and O–H groups in total. The van der Waals surface area contributed by atoms with Crippen molar-refractivity contribution in [1.29, 1.82) is 0 Å². The van der Waals surface area contributed by atoms with Crippen LogP contribution in [-0.4, -0.2) is 38.8 Å². The number of rotatable bonds is 5. The molecule has 0 aliphatic carbocycles. The second kappa shape index (κ2) is 8.12. The molecule has 5 rings (SSSR count). The zero-order chi connectivity index (χ0) is 22.1. The van der Waals surface area contributed by atoms with Crippen LogP contribution in [0.25, 0.3) is 16.9 Å². The Morgan fingerprint density at radius 3 is 2.66 bits per heavy atom. The van der Waals surface area contributed by atoms with Crippen LogP contribution in [0.2, 0.25) is 0 Å². The molecule has 0 saturated carbocycles. The standard InChI is InChI=1S/C21H15N5O5S/c27-20(16-7-8-25(24-16)14-2-4-15(5-3-14)26(28)29)23-21-22-17(12-32-21)13-1-6-18-19(11-13)31-10-9-30-18/h1-8,11-12H,9-10H2,(H,22,23,27). The summed E-state index contributed by atoms with van der Waals surface area (Å²) in [6.07, 6.45) is 1.61. The first kappa shape index (κ1) is 19.7. The SMILES string of the molecule is O=C(Nc1nc(-c2ccc3c(c2)OCCO3)cs1)c1ccn(-c2ccc([N+](=O)[O-])cc2)n1. The van der Waals surface area contributed by atoms with Gasteiger partial charge in [-0.2, -0.15) is 5.10 Å².